The fourth-order valence-corrected chi connectivity index (χ4v) is 2.86. The van der Waals surface area contributed by atoms with Crippen LogP contribution in [-0.2, 0) is 13.0 Å². The molecule has 4 heteroatoms. The fourth-order valence-electron chi connectivity index (χ4n) is 2.86. The van der Waals surface area contributed by atoms with Crippen molar-refractivity contribution in [2.24, 2.45) is 0 Å². The quantitative estimate of drug-likeness (QED) is 0.851. The summed E-state index contributed by atoms with van der Waals surface area (Å²) in [7, 11) is 0. The van der Waals surface area contributed by atoms with E-state index in [2.05, 4.69) is 28.5 Å². The first-order valence-corrected chi connectivity index (χ1v) is 6.76. The molecule has 17 heavy (non-hydrogen) atoms. The Morgan fingerprint density at radius 1 is 1.35 bits per heavy atom. The van der Waals surface area contributed by atoms with E-state index in [0.717, 1.165) is 25.3 Å². The lowest BCUT2D eigenvalue weighted by Crippen LogP contribution is -2.37. The van der Waals surface area contributed by atoms with Gasteiger partial charge in [0, 0.05) is 24.7 Å². The average molecular weight is 234 g/mol. The lowest BCUT2D eigenvalue weighted by molar-refractivity contribution is 0.186. The number of nitrogens with two attached hydrogens (primary N) is 1. The van der Waals surface area contributed by atoms with Gasteiger partial charge in [0.05, 0.1) is 11.7 Å². The molecule has 2 N–H and O–H groups in total. The number of aromatic nitrogens is 2. The zero-order valence-corrected chi connectivity index (χ0v) is 10.8. The second-order valence-corrected chi connectivity index (χ2v) is 5.65. The van der Waals surface area contributed by atoms with Crippen LogP contribution in [0.4, 0.5) is 5.82 Å². The van der Waals surface area contributed by atoms with Crippen LogP contribution in [0.15, 0.2) is 0 Å². The minimum absolute atomic E-state index is 0.606. The van der Waals surface area contributed by atoms with Crippen molar-refractivity contribution in [3.63, 3.8) is 0 Å². The van der Waals surface area contributed by atoms with Crippen molar-refractivity contribution >= 4 is 5.82 Å². The van der Waals surface area contributed by atoms with Gasteiger partial charge in [-0.05, 0) is 39.5 Å². The summed E-state index contributed by atoms with van der Waals surface area (Å²) in [6, 6.07) is 1.22. The van der Waals surface area contributed by atoms with Crippen molar-refractivity contribution < 1.29 is 0 Å². The topological polar surface area (TPSA) is 47.1 Å². The van der Waals surface area contributed by atoms with Crippen LogP contribution in [0.5, 0.6) is 0 Å². The number of anilines is 1. The van der Waals surface area contributed by atoms with Crippen molar-refractivity contribution in [2.45, 2.75) is 58.2 Å². The van der Waals surface area contributed by atoms with E-state index in [9.17, 15) is 0 Å². The summed E-state index contributed by atoms with van der Waals surface area (Å²) < 4.78 is 2.22. The van der Waals surface area contributed by atoms with Crippen LogP contribution < -0.4 is 5.73 Å². The number of nitrogen functional groups attached to an aromatic ring is 1. The van der Waals surface area contributed by atoms with Gasteiger partial charge in [0.1, 0.15) is 5.82 Å². The van der Waals surface area contributed by atoms with Gasteiger partial charge in [0.25, 0.3) is 0 Å². The summed E-state index contributed by atoms with van der Waals surface area (Å²) in [5, 5.41) is 4.58. The number of fused-ring (bicyclic) bond motifs is 1. The van der Waals surface area contributed by atoms with E-state index in [4.69, 9.17) is 5.73 Å². The highest BCUT2D eigenvalue weighted by Gasteiger charge is 2.30. The second kappa shape index (κ2) is 4.02. The summed E-state index contributed by atoms with van der Waals surface area (Å²) in [4.78, 5) is 2.51. The minimum Gasteiger partial charge on any atom is -0.382 e. The smallest absolute Gasteiger partial charge is 0.149 e. The Labute approximate surface area is 103 Å². The lowest BCUT2D eigenvalue weighted by atomic mass is 9.92. The third-order valence-electron chi connectivity index (χ3n) is 4.30. The van der Waals surface area contributed by atoms with Gasteiger partial charge in [0.2, 0.25) is 0 Å². The van der Waals surface area contributed by atoms with E-state index in [-0.39, 0.29) is 0 Å². The summed E-state index contributed by atoms with van der Waals surface area (Å²) in [6.45, 7) is 6.66. The maximum atomic E-state index is 6.05. The number of hydrogen-bond donors (Lipinski definition) is 1. The second-order valence-electron chi connectivity index (χ2n) is 5.65. The van der Waals surface area contributed by atoms with Crippen LogP contribution in [0.1, 0.15) is 50.4 Å². The monoisotopic (exact) mass is 234 g/mol. The van der Waals surface area contributed by atoms with Crippen molar-refractivity contribution in [2.75, 3.05) is 12.3 Å². The maximum Gasteiger partial charge on any atom is 0.149 e. The van der Waals surface area contributed by atoms with Crippen LogP contribution in [0.25, 0.3) is 0 Å². The largest absolute Gasteiger partial charge is 0.382 e. The molecule has 2 heterocycles. The Morgan fingerprint density at radius 3 is 2.71 bits per heavy atom. The molecule has 3 rings (SSSR count). The van der Waals surface area contributed by atoms with Gasteiger partial charge in [0.15, 0.2) is 0 Å². The molecule has 94 valence electrons. The summed E-state index contributed by atoms with van der Waals surface area (Å²) in [5.41, 5.74) is 8.75. The molecule has 0 aromatic carbocycles. The Morgan fingerprint density at radius 2 is 2.12 bits per heavy atom. The molecule has 1 aliphatic heterocycles. The lowest BCUT2D eigenvalue weighted by Gasteiger charge is -2.33. The van der Waals surface area contributed by atoms with Crippen molar-refractivity contribution in [1.29, 1.82) is 0 Å². The summed E-state index contributed by atoms with van der Waals surface area (Å²) >= 11 is 0. The van der Waals surface area contributed by atoms with Crippen LogP contribution in [-0.4, -0.2) is 27.3 Å². The van der Waals surface area contributed by atoms with Crippen molar-refractivity contribution in [1.82, 2.24) is 14.7 Å². The molecule has 1 aliphatic carbocycles. The maximum absolute atomic E-state index is 6.05. The first kappa shape index (κ1) is 11.1. The molecule has 1 aromatic rings. The first-order valence-electron chi connectivity index (χ1n) is 6.76. The van der Waals surface area contributed by atoms with Gasteiger partial charge in [-0.2, -0.15) is 5.10 Å². The van der Waals surface area contributed by atoms with Crippen LogP contribution in [0.2, 0.25) is 0 Å². The van der Waals surface area contributed by atoms with E-state index < -0.39 is 0 Å². The molecule has 0 bridgehead atoms. The molecule has 0 spiro atoms. The highest BCUT2D eigenvalue weighted by Crippen LogP contribution is 2.36. The molecule has 0 saturated heterocycles. The normalized spacial score (nSPS) is 21.6. The number of rotatable bonds is 2. The number of hydrogen-bond acceptors (Lipinski definition) is 3. The molecular formula is C13H22N4. The molecule has 1 fully saturated rings. The zero-order chi connectivity index (χ0) is 12.0. The molecule has 1 saturated carbocycles. The highest BCUT2D eigenvalue weighted by atomic mass is 15.3. The standard InChI is InChI=1S/C13H22N4/c1-9(2)16-7-6-11-12(8-16)17(15-13(11)14)10-4-3-5-10/h9-10H,3-8H2,1-2H3,(H2,14,15). The molecule has 0 atom stereocenters. The van der Waals surface area contributed by atoms with E-state index in [0.29, 0.717) is 12.1 Å². The molecule has 4 nitrogen and oxygen atoms in total. The molecule has 0 radical (unpaired) electrons. The predicted octanol–water partition coefficient (Wildman–Crippen LogP) is 1.96. The van der Waals surface area contributed by atoms with E-state index in [1.54, 1.807) is 0 Å². The Bertz CT molecular complexity index is 417. The Hall–Kier alpha value is -1.03. The van der Waals surface area contributed by atoms with Crippen LogP contribution >= 0.6 is 0 Å². The van der Waals surface area contributed by atoms with Crippen LogP contribution in [0, 0.1) is 0 Å². The first-order chi connectivity index (χ1) is 8.16. The molecule has 1 aromatic heterocycles. The minimum atomic E-state index is 0.606. The fraction of sp³-hybridized carbons (Fsp3) is 0.769. The molecule has 0 amide bonds. The van der Waals surface area contributed by atoms with E-state index in [1.165, 1.54) is 30.5 Å². The zero-order valence-electron chi connectivity index (χ0n) is 10.8. The Kier molecular flexibility index (Phi) is 2.62. The van der Waals surface area contributed by atoms with Gasteiger partial charge in [-0.15, -0.1) is 0 Å². The van der Waals surface area contributed by atoms with E-state index in [1.807, 2.05) is 0 Å². The third kappa shape index (κ3) is 1.75. The van der Waals surface area contributed by atoms with Gasteiger partial charge in [-0.25, -0.2) is 0 Å². The molecular weight excluding hydrogens is 212 g/mol. The summed E-state index contributed by atoms with van der Waals surface area (Å²) in [5.74, 6) is 0.773. The third-order valence-corrected chi connectivity index (χ3v) is 4.30. The average Bonchev–Trinajstić information content (AvgIpc) is 2.54. The predicted molar refractivity (Wildman–Crippen MR) is 68.8 cm³/mol. The number of nitrogens with zero attached hydrogens (tertiary/aromatic N) is 3. The van der Waals surface area contributed by atoms with Gasteiger partial charge in [-0.3, -0.25) is 9.58 Å². The van der Waals surface area contributed by atoms with Crippen LogP contribution in [0.3, 0.4) is 0 Å². The SMILES string of the molecule is CC(C)N1CCc2c(N)nn(C3CCC3)c2C1. The molecule has 2 aliphatic rings. The van der Waals surface area contributed by atoms with E-state index >= 15 is 0 Å². The van der Waals surface area contributed by atoms with Crippen molar-refractivity contribution in [3.05, 3.63) is 11.3 Å². The molecule has 0 unspecified atom stereocenters. The van der Waals surface area contributed by atoms with Gasteiger partial charge < -0.3 is 5.73 Å². The summed E-state index contributed by atoms with van der Waals surface area (Å²) in [6.07, 6.45) is 4.95. The highest BCUT2D eigenvalue weighted by molar-refractivity contribution is 5.44. The van der Waals surface area contributed by atoms with Crippen molar-refractivity contribution in [3.8, 4) is 0 Å². The Balaban J connectivity index is 1.92. The van der Waals surface area contributed by atoms with Gasteiger partial charge in [-0.1, -0.05) is 0 Å². The van der Waals surface area contributed by atoms with Gasteiger partial charge >= 0.3 is 0 Å².